The van der Waals surface area contributed by atoms with Crippen LogP contribution < -0.4 is 27.0 Å². The molecule has 6 amide bonds. The van der Waals surface area contributed by atoms with Gasteiger partial charge in [-0.05, 0) is 35.0 Å². The predicted octanol–water partition coefficient (Wildman–Crippen LogP) is 1.78. The first kappa shape index (κ1) is 36.8. The zero-order valence-electron chi connectivity index (χ0n) is 27.7. The molecule has 0 aromatic heterocycles. The van der Waals surface area contributed by atoms with Crippen LogP contribution in [0.25, 0.3) is 0 Å². The number of hydrogen-bond acceptors (Lipinski definition) is 6. The quantitative estimate of drug-likeness (QED) is 0.158. The van der Waals surface area contributed by atoms with E-state index >= 15 is 0 Å². The maximum absolute atomic E-state index is 14.2. The zero-order chi connectivity index (χ0) is 35.4. The van der Waals surface area contributed by atoms with E-state index in [1.807, 2.05) is 13.8 Å². The fraction of sp³-hybridized carbons (Fsp3) is 0.742. The number of amides is 6. The third-order valence-corrected chi connectivity index (χ3v) is 10.5. The Labute approximate surface area is 267 Å². The topological polar surface area (TPSA) is 180 Å². The van der Waals surface area contributed by atoms with Crippen molar-refractivity contribution in [2.75, 3.05) is 13.1 Å². The van der Waals surface area contributed by atoms with Crippen LogP contribution >= 0.6 is 0 Å². The number of fused-ring (bicyclic) bond motifs is 1. The van der Waals surface area contributed by atoms with Gasteiger partial charge in [0.05, 0.1) is 6.04 Å². The van der Waals surface area contributed by atoms with Crippen LogP contribution in [-0.2, 0) is 24.0 Å². The number of carbonyl (C=O) groups is 6. The number of nitrogens with zero attached hydrogens (tertiary/aromatic N) is 1. The predicted molar refractivity (Wildman–Crippen MR) is 161 cm³/mol. The fourth-order valence-electron chi connectivity index (χ4n) is 7.10. The highest BCUT2D eigenvalue weighted by molar-refractivity contribution is 6.38. The molecule has 1 heterocycles. The normalized spacial score (nSPS) is 28.5. The first-order chi connectivity index (χ1) is 20.9. The van der Waals surface area contributed by atoms with Crippen molar-refractivity contribution >= 4 is 35.4 Å². The summed E-state index contributed by atoms with van der Waals surface area (Å²) < 4.78 is 39.4. The van der Waals surface area contributed by atoms with E-state index in [-0.39, 0.29) is 30.8 Å². The zero-order valence-corrected chi connectivity index (χ0v) is 27.7. The molecule has 6 N–H and O–H groups in total. The number of likely N-dealkylation sites (tertiary alicyclic amines) is 1. The Morgan fingerprint density at radius 1 is 1.04 bits per heavy atom. The maximum atomic E-state index is 14.2. The number of nitrogens with one attached hydrogen (secondary N) is 4. The number of urea groups is 1. The van der Waals surface area contributed by atoms with Crippen molar-refractivity contribution in [3.63, 3.8) is 0 Å². The minimum atomic E-state index is -4.66. The van der Waals surface area contributed by atoms with Crippen LogP contribution in [0.2, 0.25) is 0 Å². The number of Topliss-reactive ketones (excluding diaryl/α,β-unsaturated/α-hetero) is 1. The van der Waals surface area contributed by atoms with Crippen molar-refractivity contribution in [3.8, 4) is 0 Å². The third kappa shape index (κ3) is 6.73. The van der Waals surface area contributed by atoms with Gasteiger partial charge in [-0.15, -0.1) is 6.58 Å². The summed E-state index contributed by atoms with van der Waals surface area (Å²) in [6.45, 7) is 17.7. The molecule has 0 radical (unpaired) electrons. The van der Waals surface area contributed by atoms with Crippen LogP contribution in [0.1, 0.15) is 68.2 Å². The molecule has 2 saturated carbocycles. The summed E-state index contributed by atoms with van der Waals surface area (Å²) in [6.07, 6.45) is -5.69. The second kappa shape index (κ2) is 12.2. The maximum Gasteiger partial charge on any atom is 0.389 e. The lowest BCUT2D eigenvalue weighted by molar-refractivity contribution is -0.148. The summed E-state index contributed by atoms with van der Waals surface area (Å²) in [7, 11) is 0. The van der Waals surface area contributed by atoms with Gasteiger partial charge < -0.3 is 31.9 Å². The Balaban J connectivity index is 1.87. The Morgan fingerprint density at radius 3 is 2.07 bits per heavy atom. The van der Waals surface area contributed by atoms with Gasteiger partial charge in [-0.3, -0.25) is 24.0 Å². The number of rotatable bonds is 12. The molecule has 0 aromatic rings. The lowest BCUT2D eigenvalue weighted by Crippen LogP contribution is -2.63. The highest BCUT2D eigenvalue weighted by Gasteiger charge is 2.74. The van der Waals surface area contributed by atoms with Crippen molar-refractivity contribution in [2.24, 2.45) is 39.7 Å². The molecule has 2 aliphatic carbocycles. The smallest absolute Gasteiger partial charge is 0.368 e. The molecule has 12 nitrogen and oxygen atoms in total. The van der Waals surface area contributed by atoms with E-state index in [4.69, 9.17) is 5.73 Å². The Kier molecular flexibility index (Phi) is 9.75. The molecular formula is C31H47F3N6O6. The SMILES string of the molecule is C=CCNC(=O)C(=O)C(CCC(F)(F)F)NC(=O)[C@@H]1[C@@H]2[C@H](CN1C(=O)[C@@H](NC(=O)NC1(C(N)=O)C(C)C1(C)C)C(C)(C)C)C2(C)C. The standard InChI is InChI=1S/C31H47F3N6O6/c1-10-13-36-23(43)20(41)17(11-12-30(32,33)34)37-22(42)19-18-16(28(18,6)7)14-40(19)24(44)21(27(3,4)5)38-26(46)39-31(25(35)45)15(2)29(31,8)9/h10,15-19,21H,1,11-14H2,2-9H3,(H2,35,45)(H,36,43)(H,37,42)(H2,38,39,46)/t15?,16-,17?,18-,19-,21+,31?/m0/s1. The minimum absolute atomic E-state index is 0.112. The first-order valence-electron chi connectivity index (χ1n) is 15.3. The molecule has 3 fully saturated rings. The summed E-state index contributed by atoms with van der Waals surface area (Å²) in [5, 5.41) is 9.87. The van der Waals surface area contributed by atoms with E-state index in [0.29, 0.717) is 0 Å². The molecule has 0 bridgehead atoms. The minimum Gasteiger partial charge on any atom is -0.368 e. The van der Waals surface area contributed by atoms with Gasteiger partial charge in [0.2, 0.25) is 23.5 Å². The van der Waals surface area contributed by atoms with E-state index < -0.39 is 94.4 Å². The molecule has 15 heteroatoms. The molecule has 0 spiro atoms. The van der Waals surface area contributed by atoms with E-state index in [9.17, 15) is 41.9 Å². The van der Waals surface area contributed by atoms with Gasteiger partial charge in [-0.25, -0.2) is 4.79 Å². The summed E-state index contributed by atoms with van der Waals surface area (Å²) in [5.41, 5.74) is 2.40. The summed E-state index contributed by atoms with van der Waals surface area (Å²) in [6, 6.07) is -4.98. The first-order valence-corrected chi connectivity index (χ1v) is 15.3. The number of ketones is 1. The van der Waals surface area contributed by atoms with Crippen LogP contribution in [0.4, 0.5) is 18.0 Å². The number of primary amides is 1. The molecule has 258 valence electrons. The highest BCUT2D eigenvalue weighted by Crippen LogP contribution is 2.65. The fourth-order valence-corrected chi connectivity index (χ4v) is 7.10. The number of nitrogens with two attached hydrogens (primary N) is 1. The van der Waals surface area contributed by atoms with Crippen LogP contribution in [0.15, 0.2) is 12.7 Å². The van der Waals surface area contributed by atoms with Crippen molar-refractivity contribution in [1.82, 2.24) is 26.2 Å². The van der Waals surface area contributed by atoms with Crippen molar-refractivity contribution in [2.45, 2.75) is 98.1 Å². The third-order valence-electron chi connectivity index (χ3n) is 10.5. The van der Waals surface area contributed by atoms with Crippen molar-refractivity contribution in [1.29, 1.82) is 0 Å². The Bertz CT molecular complexity index is 1310. The lowest BCUT2D eigenvalue weighted by Gasteiger charge is -2.38. The molecule has 46 heavy (non-hydrogen) atoms. The molecule has 0 aromatic carbocycles. The van der Waals surface area contributed by atoms with Gasteiger partial charge in [-0.2, -0.15) is 13.2 Å². The van der Waals surface area contributed by atoms with Gasteiger partial charge in [0.25, 0.3) is 5.91 Å². The second-order valence-electron chi connectivity index (χ2n) is 15.0. The van der Waals surface area contributed by atoms with E-state index in [2.05, 4.69) is 27.8 Å². The van der Waals surface area contributed by atoms with Gasteiger partial charge in [0, 0.05) is 24.9 Å². The number of piperidine rings is 1. The molecule has 3 unspecified atom stereocenters. The number of carbonyl (C=O) groups excluding carboxylic acids is 6. The van der Waals surface area contributed by atoms with Gasteiger partial charge in [0.15, 0.2) is 0 Å². The second-order valence-corrected chi connectivity index (χ2v) is 15.0. The van der Waals surface area contributed by atoms with E-state index in [1.165, 1.54) is 11.0 Å². The molecule has 7 atom stereocenters. The van der Waals surface area contributed by atoms with Crippen LogP contribution in [0.5, 0.6) is 0 Å². The lowest BCUT2D eigenvalue weighted by atomic mass is 9.85. The van der Waals surface area contributed by atoms with Crippen molar-refractivity contribution in [3.05, 3.63) is 12.7 Å². The van der Waals surface area contributed by atoms with Crippen LogP contribution in [0, 0.1) is 34.0 Å². The van der Waals surface area contributed by atoms with Gasteiger partial charge >= 0.3 is 12.2 Å². The summed E-state index contributed by atoms with van der Waals surface area (Å²) >= 11 is 0. The average molecular weight is 657 g/mol. The largest absolute Gasteiger partial charge is 0.389 e. The monoisotopic (exact) mass is 656 g/mol. The van der Waals surface area contributed by atoms with E-state index in [0.717, 1.165) is 0 Å². The van der Waals surface area contributed by atoms with Crippen LogP contribution in [-0.4, -0.2) is 83.3 Å². The van der Waals surface area contributed by atoms with Crippen molar-refractivity contribution < 1.29 is 41.9 Å². The molecule has 1 saturated heterocycles. The Morgan fingerprint density at radius 2 is 1.61 bits per heavy atom. The van der Waals surface area contributed by atoms with Gasteiger partial charge in [-0.1, -0.05) is 61.5 Å². The molecule has 1 aliphatic heterocycles. The highest BCUT2D eigenvalue weighted by atomic mass is 19.4. The number of alkyl halides is 3. The number of hydrogen-bond donors (Lipinski definition) is 5. The molecular weight excluding hydrogens is 609 g/mol. The number of halogens is 3. The average Bonchev–Trinajstić information content (AvgIpc) is 3.46. The Hall–Kier alpha value is -3.65. The summed E-state index contributed by atoms with van der Waals surface area (Å²) in [5.74, 6) is -5.44. The summed E-state index contributed by atoms with van der Waals surface area (Å²) in [4.78, 5) is 80.1. The molecule has 3 rings (SSSR count). The van der Waals surface area contributed by atoms with Gasteiger partial charge in [0.1, 0.15) is 17.6 Å². The van der Waals surface area contributed by atoms with E-state index in [1.54, 1.807) is 41.5 Å². The van der Waals surface area contributed by atoms with Crippen LogP contribution in [0.3, 0.4) is 0 Å². The molecule has 3 aliphatic rings.